The Kier molecular flexibility index (Phi) is 3.34. The smallest absolute Gasteiger partial charge is 0.126 e. The Balaban J connectivity index is 1.81. The normalized spacial score (nSPS) is 23.1. The zero-order chi connectivity index (χ0) is 13.2. The van der Waals surface area contributed by atoms with Gasteiger partial charge in [-0.1, -0.05) is 48.5 Å². The number of aliphatic hydroxyl groups excluding tert-OH is 1. The third kappa shape index (κ3) is 2.41. The molecule has 2 aromatic rings. The number of benzene rings is 2. The average Bonchev–Trinajstić information content (AvgIpc) is 3.23. The van der Waals surface area contributed by atoms with Gasteiger partial charge in [0, 0.05) is 5.92 Å². The largest absolute Gasteiger partial charge is 0.396 e. The Hall–Kier alpha value is -1.67. The number of hydrogen-bond acceptors (Lipinski definition) is 1. The second-order valence-electron chi connectivity index (χ2n) is 5.23. The van der Waals surface area contributed by atoms with Crippen LogP contribution in [-0.2, 0) is 0 Å². The Bertz CT molecular complexity index is 552. The van der Waals surface area contributed by atoms with Crippen molar-refractivity contribution in [3.63, 3.8) is 0 Å². The highest BCUT2D eigenvalue weighted by molar-refractivity contribution is 5.31. The molecule has 1 nitrogen and oxygen atoms in total. The molecule has 1 saturated carbocycles. The van der Waals surface area contributed by atoms with Crippen LogP contribution in [0, 0.1) is 11.7 Å². The fourth-order valence-corrected chi connectivity index (χ4v) is 2.98. The molecule has 3 rings (SSSR count). The van der Waals surface area contributed by atoms with E-state index in [2.05, 4.69) is 12.1 Å². The average molecular weight is 256 g/mol. The summed E-state index contributed by atoms with van der Waals surface area (Å²) in [6.45, 7) is 0.00886. The highest BCUT2D eigenvalue weighted by atomic mass is 19.1. The molecule has 1 fully saturated rings. The van der Waals surface area contributed by atoms with Crippen molar-refractivity contribution in [3.05, 3.63) is 71.5 Å². The van der Waals surface area contributed by atoms with Gasteiger partial charge in [0.2, 0.25) is 0 Å². The highest BCUT2D eigenvalue weighted by Gasteiger charge is 2.44. The molecular weight excluding hydrogens is 239 g/mol. The van der Waals surface area contributed by atoms with E-state index in [1.807, 2.05) is 24.3 Å². The first kappa shape index (κ1) is 12.4. The Morgan fingerprint density at radius 1 is 1.05 bits per heavy atom. The van der Waals surface area contributed by atoms with Crippen molar-refractivity contribution in [3.8, 4) is 0 Å². The molecule has 98 valence electrons. The molecule has 0 radical (unpaired) electrons. The number of rotatable bonds is 4. The maximum absolute atomic E-state index is 13.8. The monoisotopic (exact) mass is 256 g/mol. The molecule has 0 saturated heterocycles. The van der Waals surface area contributed by atoms with Gasteiger partial charge in [-0.3, -0.25) is 0 Å². The maximum atomic E-state index is 13.8. The first-order valence-electron chi connectivity index (χ1n) is 6.71. The molecule has 19 heavy (non-hydrogen) atoms. The fourth-order valence-electron chi connectivity index (χ4n) is 2.98. The van der Waals surface area contributed by atoms with Gasteiger partial charge in [0.05, 0.1) is 6.61 Å². The summed E-state index contributed by atoms with van der Waals surface area (Å²) in [6.07, 6.45) is 1.03. The van der Waals surface area contributed by atoms with E-state index in [0.717, 1.165) is 6.42 Å². The molecule has 1 aliphatic carbocycles. The van der Waals surface area contributed by atoms with Crippen molar-refractivity contribution in [2.75, 3.05) is 6.61 Å². The second kappa shape index (κ2) is 5.14. The molecule has 0 spiro atoms. The van der Waals surface area contributed by atoms with Gasteiger partial charge in [0.25, 0.3) is 0 Å². The maximum Gasteiger partial charge on any atom is 0.126 e. The van der Waals surface area contributed by atoms with E-state index in [1.165, 1.54) is 11.6 Å². The van der Waals surface area contributed by atoms with Crippen LogP contribution in [-0.4, -0.2) is 11.7 Å². The van der Waals surface area contributed by atoms with Crippen LogP contribution in [0.2, 0.25) is 0 Å². The summed E-state index contributed by atoms with van der Waals surface area (Å²) >= 11 is 0. The quantitative estimate of drug-likeness (QED) is 0.884. The van der Waals surface area contributed by atoms with Gasteiger partial charge >= 0.3 is 0 Å². The Morgan fingerprint density at radius 3 is 2.42 bits per heavy atom. The highest BCUT2D eigenvalue weighted by Crippen LogP contribution is 2.55. The zero-order valence-electron chi connectivity index (χ0n) is 10.7. The number of aliphatic hydroxyl groups is 1. The summed E-state index contributed by atoms with van der Waals surface area (Å²) in [4.78, 5) is 0. The third-order valence-corrected chi connectivity index (χ3v) is 4.09. The van der Waals surface area contributed by atoms with Crippen LogP contribution in [0.1, 0.15) is 29.4 Å². The summed E-state index contributed by atoms with van der Waals surface area (Å²) in [7, 11) is 0. The van der Waals surface area contributed by atoms with Crippen molar-refractivity contribution in [1.82, 2.24) is 0 Å². The lowest BCUT2D eigenvalue weighted by molar-refractivity contribution is 0.249. The molecule has 3 atom stereocenters. The fraction of sp³-hybridized carbons (Fsp3) is 0.294. The minimum atomic E-state index is -0.208. The van der Waals surface area contributed by atoms with E-state index in [4.69, 9.17) is 0 Å². The van der Waals surface area contributed by atoms with Gasteiger partial charge in [-0.2, -0.15) is 0 Å². The predicted octanol–water partition coefficient (Wildman–Crippen LogP) is 3.71. The van der Waals surface area contributed by atoms with E-state index < -0.39 is 0 Å². The van der Waals surface area contributed by atoms with Crippen LogP contribution < -0.4 is 0 Å². The van der Waals surface area contributed by atoms with Crippen molar-refractivity contribution in [2.45, 2.75) is 18.3 Å². The van der Waals surface area contributed by atoms with Gasteiger partial charge in [-0.25, -0.2) is 4.39 Å². The molecule has 2 aromatic carbocycles. The molecule has 1 aliphatic rings. The minimum absolute atomic E-state index is 0.00886. The van der Waals surface area contributed by atoms with E-state index in [9.17, 15) is 9.50 Å². The van der Waals surface area contributed by atoms with Crippen molar-refractivity contribution < 1.29 is 9.50 Å². The van der Waals surface area contributed by atoms with Gasteiger partial charge in [0.15, 0.2) is 0 Å². The molecule has 0 aromatic heterocycles. The lowest BCUT2D eigenvalue weighted by Gasteiger charge is -2.15. The second-order valence-corrected chi connectivity index (χ2v) is 5.23. The molecule has 2 heteroatoms. The first-order chi connectivity index (χ1) is 9.31. The number of halogens is 1. The van der Waals surface area contributed by atoms with Crippen LogP contribution in [0.15, 0.2) is 54.6 Å². The minimum Gasteiger partial charge on any atom is -0.396 e. The Morgan fingerprint density at radius 2 is 1.74 bits per heavy atom. The van der Waals surface area contributed by atoms with Gasteiger partial charge < -0.3 is 5.11 Å². The third-order valence-electron chi connectivity index (χ3n) is 4.09. The van der Waals surface area contributed by atoms with E-state index in [-0.39, 0.29) is 18.3 Å². The van der Waals surface area contributed by atoms with E-state index in [1.54, 1.807) is 12.1 Å². The van der Waals surface area contributed by atoms with Gasteiger partial charge in [0.1, 0.15) is 5.82 Å². The first-order valence-corrected chi connectivity index (χ1v) is 6.71. The van der Waals surface area contributed by atoms with Crippen molar-refractivity contribution in [1.29, 1.82) is 0 Å². The predicted molar refractivity (Wildman–Crippen MR) is 73.5 cm³/mol. The lowest BCUT2D eigenvalue weighted by atomic mass is 9.92. The summed E-state index contributed by atoms with van der Waals surface area (Å²) in [5.41, 5.74) is 1.94. The van der Waals surface area contributed by atoms with E-state index >= 15 is 0 Å². The van der Waals surface area contributed by atoms with Crippen LogP contribution >= 0.6 is 0 Å². The molecular formula is C17H17FO. The summed E-state index contributed by atoms with van der Waals surface area (Å²) in [6, 6.07) is 17.1. The van der Waals surface area contributed by atoms with Gasteiger partial charge in [-0.15, -0.1) is 0 Å². The SMILES string of the molecule is OCC(c1ccccc1F)C1CC1c1ccccc1. The molecule has 0 bridgehead atoms. The zero-order valence-corrected chi connectivity index (χ0v) is 10.7. The topological polar surface area (TPSA) is 20.2 Å². The van der Waals surface area contributed by atoms with E-state index in [0.29, 0.717) is 17.4 Å². The molecule has 0 heterocycles. The van der Waals surface area contributed by atoms with Gasteiger partial charge in [-0.05, 0) is 35.4 Å². The number of hydrogen-bond donors (Lipinski definition) is 1. The molecule has 1 N–H and O–H groups in total. The molecule has 3 unspecified atom stereocenters. The van der Waals surface area contributed by atoms with Crippen LogP contribution in [0.3, 0.4) is 0 Å². The summed E-state index contributed by atoms with van der Waals surface area (Å²) in [5.74, 6) is 0.508. The standard InChI is InChI=1S/C17H17FO/c18-17-9-5-4-8-13(17)16(11-19)15-10-14(15)12-6-2-1-3-7-12/h1-9,14-16,19H,10-11H2. The Labute approximate surface area is 112 Å². The van der Waals surface area contributed by atoms with Crippen molar-refractivity contribution >= 4 is 0 Å². The summed E-state index contributed by atoms with van der Waals surface area (Å²) in [5, 5.41) is 9.61. The summed E-state index contributed by atoms with van der Waals surface area (Å²) < 4.78 is 13.8. The van der Waals surface area contributed by atoms with Crippen LogP contribution in [0.4, 0.5) is 4.39 Å². The van der Waals surface area contributed by atoms with Crippen molar-refractivity contribution in [2.24, 2.45) is 5.92 Å². The molecule has 0 aliphatic heterocycles. The molecule has 0 amide bonds. The lowest BCUT2D eigenvalue weighted by Crippen LogP contribution is -2.09. The van der Waals surface area contributed by atoms with Crippen LogP contribution in [0.25, 0.3) is 0 Å². The van der Waals surface area contributed by atoms with Crippen LogP contribution in [0.5, 0.6) is 0 Å².